The van der Waals surface area contributed by atoms with Crippen molar-refractivity contribution in [3.8, 4) is 0 Å². The minimum atomic E-state index is -0.115. The van der Waals surface area contributed by atoms with E-state index in [-0.39, 0.29) is 17.1 Å². The summed E-state index contributed by atoms with van der Waals surface area (Å²) >= 11 is 5.89. The molecule has 2 rings (SSSR count). The third-order valence-electron chi connectivity index (χ3n) is 3.15. The molecule has 0 spiro atoms. The Hall–Kier alpha value is -1.09. The number of hydrogen-bond acceptors (Lipinski definition) is 2. The summed E-state index contributed by atoms with van der Waals surface area (Å²) in [5, 5.41) is 3.30. The van der Waals surface area contributed by atoms with Crippen LogP contribution >= 0.6 is 11.6 Å². The fourth-order valence-electron chi connectivity index (χ4n) is 1.90. The van der Waals surface area contributed by atoms with Crippen LogP contribution in [0.15, 0.2) is 18.3 Å². The average Bonchev–Trinajstić information content (AvgIpc) is 3.12. The second kappa shape index (κ2) is 5.50. The molecule has 1 aliphatic rings. The number of pyridine rings is 1. The molecule has 1 unspecified atom stereocenters. The summed E-state index contributed by atoms with van der Waals surface area (Å²) in [6.07, 6.45) is 6.24. The molecule has 1 aromatic rings. The predicted octanol–water partition coefficient (Wildman–Crippen LogP) is 3.04. The molecular weight excluding hydrogens is 236 g/mol. The van der Waals surface area contributed by atoms with Gasteiger partial charge in [-0.3, -0.25) is 4.79 Å². The first kappa shape index (κ1) is 12.4. The van der Waals surface area contributed by atoms with E-state index in [0.29, 0.717) is 5.56 Å². The number of rotatable bonds is 5. The van der Waals surface area contributed by atoms with E-state index in [1.807, 2.05) is 0 Å². The lowest BCUT2D eigenvalue weighted by Crippen LogP contribution is -2.35. The molecule has 0 aromatic carbocycles. The van der Waals surface area contributed by atoms with Gasteiger partial charge in [-0.15, -0.1) is 0 Å². The first-order valence-corrected chi connectivity index (χ1v) is 6.50. The highest BCUT2D eigenvalue weighted by atomic mass is 35.5. The fraction of sp³-hybridized carbons (Fsp3) is 0.538. The molecule has 1 aliphatic carbocycles. The highest BCUT2D eigenvalue weighted by Gasteiger charge is 2.26. The van der Waals surface area contributed by atoms with Gasteiger partial charge in [-0.25, -0.2) is 4.98 Å². The van der Waals surface area contributed by atoms with Crippen LogP contribution in [0.1, 0.15) is 43.0 Å². The van der Waals surface area contributed by atoms with Crippen LogP contribution in [0.2, 0.25) is 5.15 Å². The summed E-state index contributed by atoms with van der Waals surface area (Å²) in [7, 11) is 0. The molecule has 1 fully saturated rings. The zero-order valence-electron chi connectivity index (χ0n) is 9.95. The van der Waals surface area contributed by atoms with Crippen molar-refractivity contribution in [1.82, 2.24) is 10.3 Å². The van der Waals surface area contributed by atoms with E-state index in [9.17, 15) is 4.79 Å². The molecule has 17 heavy (non-hydrogen) atoms. The minimum Gasteiger partial charge on any atom is -0.349 e. The molecule has 3 nitrogen and oxygen atoms in total. The Bertz CT molecular complexity index is 404. The number of hydrogen-bond donors (Lipinski definition) is 1. The largest absolute Gasteiger partial charge is 0.349 e. The van der Waals surface area contributed by atoms with E-state index >= 15 is 0 Å². The molecule has 1 heterocycles. The maximum atomic E-state index is 12.0. The van der Waals surface area contributed by atoms with E-state index in [1.54, 1.807) is 18.3 Å². The van der Waals surface area contributed by atoms with Crippen molar-refractivity contribution in [1.29, 1.82) is 0 Å². The number of nitrogens with zero attached hydrogens (tertiary/aromatic N) is 1. The van der Waals surface area contributed by atoms with Gasteiger partial charge < -0.3 is 5.32 Å². The van der Waals surface area contributed by atoms with Crippen molar-refractivity contribution >= 4 is 17.5 Å². The first-order valence-electron chi connectivity index (χ1n) is 6.12. The lowest BCUT2D eigenvalue weighted by atomic mass is 10.1. The van der Waals surface area contributed by atoms with Gasteiger partial charge in [0.2, 0.25) is 0 Å². The summed E-state index contributed by atoms with van der Waals surface area (Å²) in [5.41, 5.74) is 0.461. The van der Waals surface area contributed by atoms with E-state index in [2.05, 4.69) is 17.2 Å². The molecule has 0 saturated heterocycles. The smallest absolute Gasteiger partial charge is 0.254 e. The second-order valence-corrected chi connectivity index (χ2v) is 4.96. The Labute approximate surface area is 107 Å². The predicted molar refractivity (Wildman–Crippen MR) is 68.1 cm³/mol. The van der Waals surface area contributed by atoms with Gasteiger partial charge in [0.15, 0.2) is 0 Å². The fourth-order valence-corrected chi connectivity index (χ4v) is 2.11. The van der Waals surface area contributed by atoms with Gasteiger partial charge in [-0.1, -0.05) is 31.4 Å². The maximum absolute atomic E-state index is 12.0. The quantitative estimate of drug-likeness (QED) is 0.819. The monoisotopic (exact) mass is 252 g/mol. The zero-order chi connectivity index (χ0) is 12.3. The van der Waals surface area contributed by atoms with Gasteiger partial charge in [-0.05, 0) is 30.9 Å². The molecule has 1 saturated carbocycles. The number of halogens is 1. The highest BCUT2D eigenvalue weighted by Crippen LogP contribution is 2.34. The van der Waals surface area contributed by atoms with E-state index < -0.39 is 0 Å². The first-order chi connectivity index (χ1) is 8.20. The number of aromatic nitrogens is 1. The Kier molecular flexibility index (Phi) is 4.00. The van der Waals surface area contributed by atoms with Crippen LogP contribution in [0.4, 0.5) is 0 Å². The summed E-state index contributed by atoms with van der Waals surface area (Å²) in [5.74, 6) is 0.695. The van der Waals surface area contributed by atoms with Crippen molar-refractivity contribution in [2.45, 2.75) is 38.6 Å². The standard InChI is InChI=1S/C13H17ClN2O/c1-2-10(8-9-5-6-9)16-13(17)11-4-3-7-15-12(11)14/h3-4,7,9-10H,2,5-6,8H2,1H3,(H,16,17). The molecule has 0 radical (unpaired) electrons. The second-order valence-electron chi connectivity index (χ2n) is 4.60. The van der Waals surface area contributed by atoms with Crippen molar-refractivity contribution in [3.05, 3.63) is 29.0 Å². The van der Waals surface area contributed by atoms with Crippen LogP contribution in [0.3, 0.4) is 0 Å². The number of carbonyl (C=O) groups excluding carboxylic acids is 1. The van der Waals surface area contributed by atoms with Gasteiger partial charge in [0.1, 0.15) is 5.15 Å². The Balaban J connectivity index is 1.97. The van der Waals surface area contributed by atoms with Gasteiger partial charge in [0, 0.05) is 12.2 Å². The van der Waals surface area contributed by atoms with Gasteiger partial charge in [0.25, 0.3) is 5.91 Å². The lowest BCUT2D eigenvalue weighted by molar-refractivity contribution is 0.0932. The number of carbonyl (C=O) groups is 1. The van der Waals surface area contributed by atoms with E-state index in [1.165, 1.54) is 12.8 Å². The van der Waals surface area contributed by atoms with Gasteiger partial charge in [0.05, 0.1) is 5.56 Å². The molecule has 4 heteroatoms. The van der Waals surface area contributed by atoms with Crippen molar-refractivity contribution in [2.24, 2.45) is 5.92 Å². The van der Waals surface area contributed by atoms with Gasteiger partial charge >= 0.3 is 0 Å². The molecule has 1 atom stereocenters. The van der Waals surface area contributed by atoms with Crippen molar-refractivity contribution < 1.29 is 4.79 Å². The van der Waals surface area contributed by atoms with Crippen molar-refractivity contribution in [3.63, 3.8) is 0 Å². The molecule has 1 amide bonds. The zero-order valence-corrected chi connectivity index (χ0v) is 10.7. The summed E-state index contributed by atoms with van der Waals surface area (Å²) in [6.45, 7) is 2.10. The van der Waals surface area contributed by atoms with Crippen LogP contribution in [-0.2, 0) is 0 Å². The number of nitrogens with one attached hydrogen (secondary N) is 1. The van der Waals surface area contributed by atoms with Crippen LogP contribution in [0, 0.1) is 5.92 Å². The lowest BCUT2D eigenvalue weighted by Gasteiger charge is -2.16. The summed E-state index contributed by atoms with van der Waals surface area (Å²) < 4.78 is 0. The molecule has 1 N–H and O–H groups in total. The molecule has 1 aromatic heterocycles. The Morgan fingerprint density at radius 2 is 2.41 bits per heavy atom. The average molecular weight is 253 g/mol. The van der Waals surface area contributed by atoms with E-state index in [4.69, 9.17) is 11.6 Å². The maximum Gasteiger partial charge on any atom is 0.254 e. The van der Waals surface area contributed by atoms with Crippen LogP contribution < -0.4 is 5.32 Å². The normalized spacial score (nSPS) is 16.6. The van der Waals surface area contributed by atoms with Crippen LogP contribution in [0.5, 0.6) is 0 Å². The Morgan fingerprint density at radius 1 is 1.65 bits per heavy atom. The topological polar surface area (TPSA) is 42.0 Å². The number of amides is 1. The van der Waals surface area contributed by atoms with E-state index in [0.717, 1.165) is 18.8 Å². The molecule has 0 bridgehead atoms. The summed E-state index contributed by atoms with van der Waals surface area (Å²) in [6, 6.07) is 3.68. The molecule has 0 aliphatic heterocycles. The summed E-state index contributed by atoms with van der Waals surface area (Å²) in [4.78, 5) is 15.9. The third kappa shape index (κ3) is 3.43. The Morgan fingerprint density at radius 3 is 3.00 bits per heavy atom. The van der Waals surface area contributed by atoms with Crippen molar-refractivity contribution in [2.75, 3.05) is 0 Å². The highest BCUT2D eigenvalue weighted by molar-refractivity contribution is 6.32. The third-order valence-corrected chi connectivity index (χ3v) is 3.45. The van der Waals surface area contributed by atoms with Crippen LogP contribution in [0.25, 0.3) is 0 Å². The minimum absolute atomic E-state index is 0.115. The van der Waals surface area contributed by atoms with Crippen LogP contribution in [-0.4, -0.2) is 16.9 Å². The molecule has 92 valence electrons. The van der Waals surface area contributed by atoms with Gasteiger partial charge in [-0.2, -0.15) is 0 Å². The molecular formula is C13H17ClN2O. The SMILES string of the molecule is CCC(CC1CC1)NC(=O)c1cccnc1Cl.